The van der Waals surface area contributed by atoms with Gasteiger partial charge in [0.25, 0.3) is 10.0 Å². The lowest BCUT2D eigenvalue weighted by atomic mass is 10.1. The molecular weight excluding hydrogens is 340 g/mol. The minimum atomic E-state index is -3.65. The lowest BCUT2D eigenvalue weighted by Gasteiger charge is -2.10. The fourth-order valence-corrected chi connectivity index (χ4v) is 3.29. The van der Waals surface area contributed by atoms with Crippen LogP contribution in [0.15, 0.2) is 65.6 Å². The van der Waals surface area contributed by atoms with Gasteiger partial charge in [-0.3, -0.25) is 14.7 Å². The van der Waals surface area contributed by atoms with E-state index in [1.165, 1.54) is 12.1 Å². The van der Waals surface area contributed by atoms with Gasteiger partial charge in [-0.15, -0.1) is 0 Å². The lowest BCUT2D eigenvalue weighted by Crippen LogP contribution is -2.17. The Balaban J connectivity index is 2.07. The average molecular weight is 360 g/mol. The highest BCUT2D eigenvalue weighted by molar-refractivity contribution is 7.92. The number of hydrogen-bond donors (Lipinski definition) is 3. The van der Waals surface area contributed by atoms with Crippen molar-refractivity contribution in [2.75, 3.05) is 4.72 Å². The highest BCUT2D eigenvalue weighted by Crippen LogP contribution is 2.21. The number of carbonyl (C=O) groups is 1. The predicted octanol–water partition coefficient (Wildman–Crippen LogP) is 3.18. The van der Waals surface area contributed by atoms with Gasteiger partial charge >= 0.3 is 0 Å². The Bertz CT molecular complexity index is 833. The molecule has 0 saturated heterocycles. The average Bonchev–Trinajstić information content (AvgIpc) is 2.63. The summed E-state index contributed by atoms with van der Waals surface area (Å²) in [5.41, 5.74) is 2.80. The second-order valence-corrected chi connectivity index (χ2v) is 7.02. The molecule has 2 rings (SSSR count). The highest BCUT2D eigenvalue weighted by atomic mass is 32.2. The summed E-state index contributed by atoms with van der Waals surface area (Å²) in [6.07, 6.45) is 5.11. The van der Waals surface area contributed by atoms with Crippen LogP contribution in [0.5, 0.6) is 0 Å². The summed E-state index contributed by atoms with van der Waals surface area (Å²) in [5, 5.41) is 8.43. The van der Waals surface area contributed by atoms with Crippen LogP contribution in [-0.2, 0) is 14.8 Å². The van der Waals surface area contributed by atoms with E-state index < -0.39 is 15.9 Å². The van der Waals surface area contributed by atoms with Crippen LogP contribution in [0.3, 0.4) is 0 Å². The van der Waals surface area contributed by atoms with Crippen molar-refractivity contribution >= 4 is 27.7 Å². The van der Waals surface area contributed by atoms with Crippen LogP contribution in [0.25, 0.3) is 6.08 Å². The summed E-state index contributed by atoms with van der Waals surface area (Å²) < 4.78 is 27.5. The van der Waals surface area contributed by atoms with Crippen molar-refractivity contribution in [2.24, 2.45) is 0 Å². The molecule has 7 heteroatoms. The first-order valence-corrected chi connectivity index (χ1v) is 9.27. The SMILES string of the molecule is O=C(CCC/C=C/c1ccccc1NS(=O)(=O)c1ccccc1)NO. The number of nitrogens with one attached hydrogen (secondary N) is 2. The highest BCUT2D eigenvalue weighted by Gasteiger charge is 2.14. The zero-order chi connectivity index (χ0) is 18.1. The molecule has 2 aromatic rings. The number of anilines is 1. The van der Waals surface area contributed by atoms with Gasteiger partial charge < -0.3 is 0 Å². The Kier molecular flexibility index (Phi) is 6.73. The van der Waals surface area contributed by atoms with Crippen LogP contribution < -0.4 is 10.2 Å². The number of rotatable bonds is 8. The maximum absolute atomic E-state index is 12.4. The molecule has 0 bridgehead atoms. The number of sulfonamides is 1. The molecule has 0 aromatic heterocycles. The van der Waals surface area contributed by atoms with Crippen molar-refractivity contribution in [2.45, 2.75) is 24.2 Å². The predicted molar refractivity (Wildman–Crippen MR) is 96.5 cm³/mol. The van der Waals surface area contributed by atoms with E-state index in [1.54, 1.807) is 48.0 Å². The molecule has 132 valence electrons. The standard InChI is InChI=1S/C18H20N2O4S/c21-18(19-22)14-6-1-3-9-15-10-7-8-13-17(15)20-25(23,24)16-11-4-2-5-12-16/h2-5,7-13,20,22H,1,6,14H2,(H,19,21)/b9-3+. The fourth-order valence-electron chi connectivity index (χ4n) is 2.19. The van der Waals surface area contributed by atoms with Crippen molar-refractivity contribution < 1.29 is 18.4 Å². The van der Waals surface area contributed by atoms with Crippen molar-refractivity contribution in [1.82, 2.24) is 5.48 Å². The summed E-state index contributed by atoms with van der Waals surface area (Å²) in [6, 6.07) is 15.2. The molecule has 6 nitrogen and oxygen atoms in total. The Morgan fingerprint density at radius 1 is 1.04 bits per heavy atom. The van der Waals surface area contributed by atoms with Crippen LogP contribution >= 0.6 is 0 Å². The van der Waals surface area contributed by atoms with Crippen molar-refractivity contribution in [1.29, 1.82) is 0 Å². The molecule has 1 amide bonds. The largest absolute Gasteiger partial charge is 0.289 e. The molecule has 0 unspecified atom stereocenters. The van der Waals surface area contributed by atoms with Gasteiger partial charge in [-0.25, -0.2) is 13.9 Å². The van der Waals surface area contributed by atoms with Gasteiger partial charge in [0.2, 0.25) is 5.91 Å². The van der Waals surface area contributed by atoms with E-state index in [-0.39, 0.29) is 11.3 Å². The van der Waals surface area contributed by atoms with Crippen LogP contribution in [0.2, 0.25) is 0 Å². The topological polar surface area (TPSA) is 95.5 Å². The van der Waals surface area contributed by atoms with E-state index in [0.29, 0.717) is 18.5 Å². The molecule has 0 fully saturated rings. The number of amides is 1. The summed E-state index contributed by atoms with van der Waals surface area (Å²) in [7, 11) is -3.65. The molecule has 0 spiro atoms. The Labute approximate surface area is 147 Å². The monoisotopic (exact) mass is 360 g/mol. The molecule has 0 aliphatic heterocycles. The molecule has 0 aliphatic carbocycles. The summed E-state index contributed by atoms with van der Waals surface area (Å²) >= 11 is 0. The van der Waals surface area contributed by atoms with Gasteiger partial charge in [-0.05, 0) is 36.6 Å². The van der Waals surface area contributed by atoms with Crippen molar-refractivity contribution in [3.63, 3.8) is 0 Å². The number of unbranched alkanes of at least 4 members (excludes halogenated alkanes) is 1. The first-order chi connectivity index (χ1) is 12.0. The molecular formula is C18H20N2O4S. The van der Waals surface area contributed by atoms with Crippen molar-refractivity contribution in [3.05, 3.63) is 66.2 Å². The van der Waals surface area contributed by atoms with Gasteiger partial charge in [0.05, 0.1) is 10.6 Å². The van der Waals surface area contributed by atoms with E-state index in [2.05, 4.69) is 4.72 Å². The number of benzene rings is 2. The third-order valence-corrected chi connectivity index (χ3v) is 4.84. The molecule has 2 aromatic carbocycles. The molecule has 0 aliphatic rings. The fraction of sp³-hybridized carbons (Fsp3) is 0.167. The van der Waals surface area contributed by atoms with Gasteiger partial charge in [-0.1, -0.05) is 48.6 Å². The number of allylic oxidation sites excluding steroid dienone is 1. The van der Waals surface area contributed by atoms with E-state index in [0.717, 1.165) is 5.56 Å². The quantitative estimate of drug-likeness (QED) is 0.383. The van der Waals surface area contributed by atoms with Crippen LogP contribution in [0.1, 0.15) is 24.8 Å². The zero-order valence-electron chi connectivity index (χ0n) is 13.6. The summed E-state index contributed by atoms with van der Waals surface area (Å²) in [4.78, 5) is 11.1. The van der Waals surface area contributed by atoms with Gasteiger partial charge in [0.15, 0.2) is 0 Å². The number of para-hydroxylation sites is 1. The van der Waals surface area contributed by atoms with E-state index >= 15 is 0 Å². The minimum Gasteiger partial charge on any atom is -0.289 e. The van der Waals surface area contributed by atoms with Crippen molar-refractivity contribution in [3.8, 4) is 0 Å². The smallest absolute Gasteiger partial charge is 0.261 e. The second-order valence-electron chi connectivity index (χ2n) is 5.34. The second kappa shape index (κ2) is 9.00. The molecule has 25 heavy (non-hydrogen) atoms. The summed E-state index contributed by atoms with van der Waals surface area (Å²) in [5.74, 6) is -0.426. The van der Waals surface area contributed by atoms with Crippen LogP contribution in [0, 0.1) is 0 Å². The Morgan fingerprint density at radius 3 is 2.44 bits per heavy atom. The molecule has 0 heterocycles. The maximum atomic E-state index is 12.4. The van der Waals surface area contributed by atoms with Crippen LogP contribution in [-0.4, -0.2) is 19.5 Å². The Hall–Kier alpha value is -2.64. The third kappa shape index (κ3) is 5.74. The molecule has 3 N–H and O–H groups in total. The molecule has 0 radical (unpaired) electrons. The first-order valence-electron chi connectivity index (χ1n) is 7.79. The van der Waals surface area contributed by atoms with E-state index in [4.69, 9.17) is 5.21 Å². The Morgan fingerprint density at radius 2 is 1.72 bits per heavy atom. The van der Waals surface area contributed by atoms with Gasteiger partial charge in [-0.2, -0.15) is 0 Å². The lowest BCUT2D eigenvalue weighted by molar-refractivity contribution is -0.129. The first kappa shape index (κ1) is 18.7. The minimum absolute atomic E-state index is 0.198. The van der Waals surface area contributed by atoms with E-state index in [9.17, 15) is 13.2 Å². The van der Waals surface area contributed by atoms with Gasteiger partial charge in [0, 0.05) is 6.42 Å². The maximum Gasteiger partial charge on any atom is 0.261 e. The number of hydroxylamine groups is 1. The molecule has 0 saturated carbocycles. The zero-order valence-corrected chi connectivity index (χ0v) is 14.4. The third-order valence-electron chi connectivity index (χ3n) is 3.46. The number of hydrogen-bond acceptors (Lipinski definition) is 4. The summed E-state index contributed by atoms with van der Waals surface area (Å²) in [6.45, 7) is 0. The van der Waals surface area contributed by atoms with E-state index in [1.807, 2.05) is 12.1 Å². The van der Waals surface area contributed by atoms with Crippen LogP contribution in [0.4, 0.5) is 5.69 Å². The number of carbonyl (C=O) groups excluding carboxylic acids is 1. The normalized spacial score (nSPS) is 11.4. The molecule has 0 atom stereocenters. The van der Waals surface area contributed by atoms with Gasteiger partial charge in [0.1, 0.15) is 0 Å².